The highest BCUT2D eigenvalue weighted by molar-refractivity contribution is 7.99. The van der Waals surface area contributed by atoms with Crippen LogP contribution in [-0.4, -0.2) is 57.3 Å². The predicted octanol–water partition coefficient (Wildman–Crippen LogP) is 6.19. The van der Waals surface area contributed by atoms with Gasteiger partial charge in [0.2, 0.25) is 0 Å². The van der Waals surface area contributed by atoms with Crippen LogP contribution in [0.25, 0.3) is 5.69 Å². The number of thiophene rings is 1. The Kier molecular flexibility index (Phi) is 9.64. The molecule has 1 aliphatic heterocycles. The monoisotopic (exact) mass is 670 g/mol. The molecule has 13 heteroatoms. The Hall–Kier alpha value is -5.01. The van der Waals surface area contributed by atoms with Crippen molar-refractivity contribution in [3.05, 3.63) is 117 Å². The first-order valence-electron chi connectivity index (χ1n) is 14.7. The molecule has 2 amide bonds. The number of carbonyl (C=O) groups excluding carboxylic acids is 2. The van der Waals surface area contributed by atoms with Crippen molar-refractivity contribution in [2.45, 2.75) is 31.1 Å². The average molecular weight is 671 g/mol. The third kappa shape index (κ3) is 7.05. The second-order valence-electron chi connectivity index (χ2n) is 10.6. The van der Waals surface area contributed by atoms with Gasteiger partial charge < -0.3 is 14.8 Å². The Morgan fingerprint density at radius 2 is 1.77 bits per heavy atom. The molecule has 3 heterocycles. The molecule has 5 aromatic rings. The van der Waals surface area contributed by atoms with Crippen LogP contribution in [0.2, 0.25) is 0 Å². The number of hydrogen-bond donors (Lipinski definition) is 1. The van der Waals surface area contributed by atoms with Crippen molar-refractivity contribution in [2.24, 2.45) is 5.10 Å². The van der Waals surface area contributed by atoms with Gasteiger partial charge in [-0.25, -0.2) is 9.40 Å². The van der Waals surface area contributed by atoms with E-state index in [-0.39, 0.29) is 30.2 Å². The minimum atomic E-state index is -0.398. The third-order valence-electron chi connectivity index (χ3n) is 7.60. The topological polar surface area (TPSA) is 111 Å². The Morgan fingerprint density at radius 3 is 2.47 bits per heavy atom. The highest BCUT2D eigenvalue weighted by atomic mass is 32.2. The minimum Gasteiger partial charge on any atom is -0.493 e. The number of methoxy groups -OCH3 is 2. The molecule has 0 bridgehead atoms. The maximum absolute atomic E-state index is 13.9. The maximum Gasteiger partial charge on any atom is 0.253 e. The van der Waals surface area contributed by atoms with E-state index in [0.717, 1.165) is 21.7 Å². The van der Waals surface area contributed by atoms with Crippen molar-refractivity contribution >= 4 is 40.6 Å². The van der Waals surface area contributed by atoms with E-state index >= 15 is 0 Å². The Balaban J connectivity index is 1.22. The molecule has 0 radical (unpaired) electrons. The first-order valence-corrected chi connectivity index (χ1v) is 16.5. The summed E-state index contributed by atoms with van der Waals surface area (Å²) in [4.78, 5) is 27.8. The van der Waals surface area contributed by atoms with Crippen LogP contribution in [0, 0.1) is 12.7 Å². The average Bonchev–Trinajstić information content (AvgIpc) is 3.87. The molecule has 0 fully saturated rings. The standard InChI is InChI=1S/C34H31FN6O4S2/c1-21-6-8-22(9-7-21)27-18-26(30-5-4-16-46-30)39-41(27)32(42)20-47-34-38-37-31(40(34)25-13-11-24(35)12-14-25)19-36-33(43)23-10-15-28(44-2)29(17-23)45-3/h4-17,27H,18-20H2,1-3H3,(H,36,43)/t27-/m1/s1. The van der Waals surface area contributed by atoms with Crippen LogP contribution < -0.4 is 14.8 Å². The first kappa shape index (κ1) is 32.0. The summed E-state index contributed by atoms with van der Waals surface area (Å²) in [6.45, 7) is 2.04. The van der Waals surface area contributed by atoms with Crippen molar-refractivity contribution in [2.75, 3.05) is 20.0 Å². The van der Waals surface area contributed by atoms with Gasteiger partial charge >= 0.3 is 0 Å². The van der Waals surface area contributed by atoms with Crippen LogP contribution in [0.3, 0.4) is 0 Å². The zero-order valence-corrected chi connectivity index (χ0v) is 27.5. The zero-order chi connectivity index (χ0) is 32.9. The number of halogens is 1. The number of carbonyl (C=O) groups is 2. The van der Waals surface area contributed by atoms with Gasteiger partial charge in [-0.1, -0.05) is 47.7 Å². The Labute approximate surface area is 279 Å². The molecule has 0 aliphatic carbocycles. The van der Waals surface area contributed by atoms with Gasteiger partial charge in [-0.2, -0.15) is 5.10 Å². The molecule has 0 saturated carbocycles. The summed E-state index contributed by atoms with van der Waals surface area (Å²) in [5.74, 6) is 0.406. The molecule has 1 aliphatic rings. The lowest BCUT2D eigenvalue weighted by Gasteiger charge is -2.22. The molecule has 6 rings (SSSR count). The molecule has 10 nitrogen and oxygen atoms in total. The van der Waals surface area contributed by atoms with Crippen molar-refractivity contribution in [1.29, 1.82) is 0 Å². The summed E-state index contributed by atoms with van der Waals surface area (Å²) in [6.07, 6.45) is 0.607. The summed E-state index contributed by atoms with van der Waals surface area (Å²) in [5, 5.41) is 20.3. The number of aryl methyl sites for hydroxylation is 1. The number of hydrogen-bond acceptors (Lipinski definition) is 9. The van der Waals surface area contributed by atoms with E-state index in [9.17, 15) is 14.0 Å². The zero-order valence-electron chi connectivity index (χ0n) is 25.8. The Bertz CT molecular complexity index is 1910. The van der Waals surface area contributed by atoms with E-state index in [1.807, 2.05) is 48.7 Å². The number of amides is 2. The fourth-order valence-corrected chi connectivity index (χ4v) is 6.71. The van der Waals surface area contributed by atoms with Crippen LogP contribution in [0.4, 0.5) is 4.39 Å². The second-order valence-corrected chi connectivity index (χ2v) is 12.5. The molecule has 0 spiro atoms. The van der Waals surface area contributed by atoms with E-state index in [1.54, 1.807) is 51.2 Å². The van der Waals surface area contributed by atoms with E-state index in [1.165, 1.54) is 38.1 Å². The molecule has 0 unspecified atom stereocenters. The van der Waals surface area contributed by atoms with Gasteiger partial charge in [-0.3, -0.25) is 14.2 Å². The number of ether oxygens (including phenoxy) is 2. The van der Waals surface area contributed by atoms with Gasteiger partial charge in [-0.15, -0.1) is 21.5 Å². The minimum absolute atomic E-state index is 0.0160. The number of aromatic nitrogens is 3. The van der Waals surface area contributed by atoms with Crippen molar-refractivity contribution in [3.8, 4) is 17.2 Å². The van der Waals surface area contributed by atoms with Crippen LogP contribution in [0.1, 0.15) is 44.6 Å². The lowest BCUT2D eigenvalue weighted by atomic mass is 10.00. The summed E-state index contributed by atoms with van der Waals surface area (Å²) < 4.78 is 26.1. The number of rotatable bonds is 11. The fourth-order valence-electron chi connectivity index (χ4n) is 5.17. The van der Waals surface area contributed by atoms with Gasteiger partial charge in [0.25, 0.3) is 11.8 Å². The van der Waals surface area contributed by atoms with Crippen molar-refractivity contribution in [1.82, 2.24) is 25.1 Å². The van der Waals surface area contributed by atoms with Crippen LogP contribution in [0.15, 0.2) is 94.5 Å². The number of thioether (sulfide) groups is 1. The van der Waals surface area contributed by atoms with Crippen molar-refractivity contribution in [3.63, 3.8) is 0 Å². The smallest absolute Gasteiger partial charge is 0.253 e. The molecule has 3 aromatic carbocycles. The first-order chi connectivity index (χ1) is 22.8. The number of benzene rings is 3. The molecule has 1 atom stereocenters. The number of nitrogens with zero attached hydrogens (tertiary/aromatic N) is 5. The predicted molar refractivity (Wildman–Crippen MR) is 179 cm³/mol. The molecule has 240 valence electrons. The fraction of sp³-hybridized carbons (Fsp3) is 0.206. The highest BCUT2D eigenvalue weighted by Crippen LogP contribution is 2.35. The summed E-state index contributed by atoms with van der Waals surface area (Å²) in [5.41, 5.74) is 3.96. The lowest BCUT2D eigenvalue weighted by molar-refractivity contribution is -0.130. The molecule has 0 saturated heterocycles. The Morgan fingerprint density at radius 1 is 1.00 bits per heavy atom. The van der Waals surface area contributed by atoms with Gasteiger partial charge in [-0.05, 0) is 66.4 Å². The molecular formula is C34H31FN6O4S2. The van der Waals surface area contributed by atoms with Gasteiger partial charge in [0.1, 0.15) is 5.82 Å². The third-order valence-corrected chi connectivity index (χ3v) is 9.43. The van der Waals surface area contributed by atoms with Crippen LogP contribution in [0.5, 0.6) is 11.5 Å². The normalized spacial score (nSPS) is 14.2. The highest BCUT2D eigenvalue weighted by Gasteiger charge is 2.33. The maximum atomic E-state index is 13.9. The summed E-state index contributed by atoms with van der Waals surface area (Å²) in [6, 6.07) is 22.6. The van der Waals surface area contributed by atoms with Gasteiger partial charge in [0.05, 0.1) is 43.1 Å². The molecule has 1 N–H and O–H groups in total. The van der Waals surface area contributed by atoms with Crippen LogP contribution >= 0.6 is 23.1 Å². The van der Waals surface area contributed by atoms with E-state index < -0.39 is 5.82 Å². The largest absolute Gasteiger partial charge is 0.493 e. The molecule has 47 heavy (non-hydrogen) atoms. The van der Waals surface area contributed by atoms with Gasteiger partial charge in [0.15, 0.2) is 22.5 Å². The lowest BCUT2D eigenvalue weighted by Crippen LogP contribution is -2.28. The second kappa shape index (κ2) is 14.2. The summed E-state index contributed by atoms with van der Waals surface area (Å²) in [7, 11) is 3.02. The van der Waals surface area contributed by atoms with Gasteiger partial charge in [0, 0.05) is 17.7 Å². The van der Waals surface area contributed by atoms with E-state index in [4.69, 9.17) is 14.6 Å². The van der Waals surface area contributed by atoms with Crippen LogP contribution in [-0.2, 0) is 11.3 Å². The van der Waals surface area contributed by atoms with E-state index in [0.29, 0.717) is 40.2 Å². The van der Waals surface area contributed by atoms with E-state index in [2.05, 4.69) is 15.5 Å². The quantitative estimate of drug-likeness (QED) is 0.167. The number of hydrazone groups is 1. The number of nitrogens with one attached hydrogen (secondary N) is 1. The SMILES string of the molecule is COc1ccc(C(=O)NCc2nnc(SCC(=O)N3N=C(c4cccs4)C[C@@H]3c3ccc(C)cc3)n2-c2ccc(F)cc2)cc1OC. The summed E-state index contributed by atoms with van der Waals surface area (Å²) >= 11 is 2.79. The molecule has 2 aromatic heterocycles. The molecular weight excluding hydrogens is 640 g/mol. The van der Waals surface area contributed by atoms with Crippen molar-refractivity contribution < 1.29 is 23.5 Å².